The van der Waals surface area contributed by atoms with Crippen molar-refractivity contribution in [2.24, 2.45) is 0 Å². The number of allylic oxidation sites excluding steroid dienone is 1. The highest BCUT2D eigenvalue weighted by atomic mass is 79.9. The van der Waals surface area contributed by atoms with Crippen LogP contribution in [0, 0.1) is 11.3 Å². The molecule has 0 spiro atoms. The number of anilines is 1. The van der Waals surface area contributed by atoms with E-state index < -0.39 is 0 Å². The summed E-state index contributed by atoms with van der Waals surface area (Å²) in [7, 11) is 7.14. The van der Waals surface area contributed by atoms with Crippen LogP contribution in [0.25, 0.3) is 11.6 Å². The van der Waals surface area contributed by atoms with Crippen molar-refractivity contribution in [3.63, 3.8) is 0 Å². The van der Waals surface area contributed by atoms with Gasteiger partial charge in [-0.3, -0.25) is 0 Å². The Balaban J connectivity index is 2.43. The zero-order valence-electron chi connectivity index (χ0n) is 14.1. The number of rotatable bonds is 5. The van der Waals surface area contributed by atoms with Crippen molar-refractivity contribution in [1.29, 1.82) is 5.26 Å². The molecule has 0 aliphatic rings. The zero-order chi connectivity index (χ0) is 17.7. The zero-order valence-corrected chi connectivity index (χ0v) is 15.7. The molecule has 0 aromatic heterocycles. The molecule has 0 amide bonds. The van der Waals surface area contributed by atoms with Gasteiger partial charge in [0.15, 0.2) is 11.5 Å². The van der Waals surface area contributed by atoms with Crippen LogP contribution >= 0.6 is 15.9 Å². The molecule has 2 aromatic rings. The Morgan fingerprint density at radius 1 is 1.08 bits per heavy atom. The fourth-order valence-electron chi connectivity index (χ4n) is 2.33. The quantitative estimate of drug-likeness (QED) is 0.556. The van der Waals surface area contributed by atoms with Crippen LogP contribution in [0.5, 0.6) is 11.5 Å². The van der Waals surface area contributed by atoms with Crippen LogP contribution in [0.1, 0.15) is 11.1 Å². The van der Waals surface area contributed by atoms with Crippen molar-refractivity contribution in [1.82, 2.24) is 0 Å². The Morgan fingerprint density at radius 2 is 1.79 bits per heavy atom. The van der Waals surface area contributed by atoms with E-state index in [1.165, 1.54) is 0 Å². The van der Waals surface area contributed by atoms with Gasteiger partial charge < -0.3 is 14.4 Å². The first-order valence-corrected chi connectivity index (χ1v) is 8.10. The van der Waals surface area contributed by atoms with E-state index >= 15 is 0 Å². The Morgan fingerprint density at radius 3 is 2.33 bits per heavy atom. The summed E-state index contributed by atoms with van der Waals surface area (Å²) in [5.41, 5.74) is 3.36. The standard InChI is InChI=1S/C19H19BrN2O2/c1-22(2)17-7-5-13(10-16(17)20)9-15(12-21)14-6-8-18(23-3)19(11-14)24-4/h5-11H,1-4H3/b15-9+. The molecule has 2 aromatic carbocycles. The van der Waals surface area contributed by atoms with Crippen LogP contribution in [-0.4, -0.2) is 28.3 Å². The second-order valence-corrected chi connectivity index (χ2v) is 6.20. The summed E-state index contributed by atoms with van der Waals surface area (Å²) in [5, 5.41) is 9.53. The highest BCUT2D eigenvalue weighted by molar-refractivity contribution is 9.10. The molecule has 0 bridgehead atoms. The lowest BCUT2D eigenvalue weighted by molar-refractivity contribution is 0.355. The van der Waals surface area contributed by atoms with Crippen molar-refractivity contribution in [3.8, 4) is 17.6 Å². The number of ether oxygens (including phenoxy) is 2. The minimum Gasteiger partial charge on any atom is -0.493 e. The average molecular weight is 387 g/mol. The molecule has 0 fully saturated rings. The Labute approximate surface area is 151 Å². The van der Waals surface area contributed by atoms with Crippen LogP contribution in [0.3, 0.4) is 0 Å². The Bertz CT molecular complexity index is 807. The minimum atomic E-state index is 0.556. The fraction of sp³-hybridized carbons (Fsp3) is 0.211. The van der Waals surface area contributed by atoms with Gasteiger partial charge in [0.2, 0.25) is 0 Å². The van der Waals surface area contributed by atoms with Crippen LogP contribution in [0.4, 0.5) is 5.69 Å². The molecule has 0 saturated heterocycles. The van der Waals surface area contributed by atoms with E-state index in [2.05, 4.69) is 22.0 Å². The van der Waals surface area contributed by atoms with E-state index in [0.29, 0.717) is 17.1 Å². The molecule has 0 heterocycles. The molecule has 124 valence electrons. The van der Waals surface area contributed by atoms with Crippen molar-refractivity contribution < 1.29 is 9.47 Å². The van der Waals surface area contributed by atoms with Gasteiger partial charge in [-0.1, -0.05) is 6.07 Å². The lowest BCUT2D eigenvalue weighted by Crippen LogP contribution is -2.09. The number of hydrogen-bond acceptors (Lipinski definition) is 4. The molecule has 5 heteroatoms. The maximum absolute atomic E-state index is 9.53. The highest BCUT2D eigenvalue weighted by Crippen LogP contribution is 2.32. The fourth-order valence-corrected chi connectivity index (χ4v) is 3.08. The van der Waals surface area contributed by atoms with E-state index in [9.17, 15) is 5.26 Å². The summed E-state index contributed by atoms with van der Waals surface area (Å²) in [4.78, 5) is 2.02. The number of methoxy groups -OCH3 is 2. The van der Waals surface area contributed by atoms with E-state index in [0.717, 1.165) is 21.3 Å². The first-order valence-electron chi connectivity index (χ1n) is 7.31. The largest absolute Gasteiger partial charge is 0.493 e. The second kappa shape index (κ2) is 7.89. The van der Waals surface area contributed by atoms with Gasteiger partial charge in [-0.25, -0.2) is 0 Å². The third-order valence-corrected chi connectivity index (χ3v) is 4.21. The first kappa shape index (κ1) is 17.9. The predicted molar refractivity (Wildman–Crippen MR) is 101 cm³/mol. The molecule has 0 atom stereocenters. The number of hydrogen-bond donors (Lipinski definition) is 0. The van der Waals surface area contributed by atoms with Crippen molar-refractivity contribution in [3.05, 3.63) is 52.0 Å². The molecule has 0 unspecified atom stereocenters. The van der Waals surface area contributed by atoms with E-state index in [4.69, 9.17) is 9.47 Å². The van der Waals surface area contributed by atoms with Crippen LogP contribution in [0.15, 0.2) is 40.9 Å². The van der Waals surface area contributed by atoms with Crippen LogP contribution in [0.2, 0.25) is 0 Å². The summed E-state index contributed by atoms with van der Waals surface area (Å²) in [6.07, 6.45) is 1.85. The van der Waals surface area contributed by atoms with Gasteiger partial charge in [0.1, 0.15) is 0 Å². The van der Waals surface area contributed by atoms with Crippen LogP contribution < -0.4 is 14.4 Å². The van der Waals surface area contributed by atoms with Gasteiger partial charge >= 0.3 is 0 Å². The molecule has 0 N–H and O–H groups in total. The molecular weight excluding hydrogens is 368 g/mol. The normalized spacial score (nSPS) is 10.9. The van der Waals surface area contributed by atoms with Gasteiger partial charge in [-0.15, -0.1) is 0 Å². The topological polar surface area (TPSA) is 45.5 Å². The first-order chi connectivity index (χ1) is 11.5. The maximum Gasteiger partial charge on any atom is 0.161 e. The van der Waals surface area contributed by atoms with Crippen molar-refractivity contribution in [2.75, 3.05) is 33.2 Å². The lowest BCUT2D eigenvalue weighted by Gasteiger charge is -2.14. The highest BCUT2D eigenvalue weighted by Gasteiger charge is 2.09. The SMILES string of the molecule is COc1ccc(/C(C#N)=C/c2ccc(N(C)C)c(Br)c2)cc1OC. The third-order valence-electron chi connectivity index (χ3n) is 3.58. The molecule has 2 rings (SSSR count). The number of halogens is 1. The summed E-state index contributed by atoms with van der Waals surface area (Å²) >= 11 is 3.57. The number of nitriles is 1. The Hall–Kier alpha value is -2.45. The Kier molecular flexibility index (Phi) is 5.88. The van der Waals surface area contributed by atoms with Gasteiger partial charge in [0, 0.05) is 18.6 Å². The van der Waals surface area contributed by atoms with Crippen molar-refractivity contribution >= 4 is 33.3 Å². The van der Waals surface area contributed by atoms with E-state index in [1.807, 2.05) is 49.3 Å². The summed E-state index contributed by atoms with van der Waals surface area (Å²) in [6, 6.07) is 13.7. The molecule has 24 heavy (non-hydrogen) atoms. The number of benzene rings is 2. The van der Waals surface area contributed by atoms with Gasteiger partial charge in [0.25, 0.3) is 0 Å². The van der Waals surface area contributed by atoms with Gasteiger partial charge in [0.05, 0.1) is 31.5 Å². The second-order valence-electron chi connectivity index (χ2n) is 5.34. The maximum atomic E-state index is 9.53. The summed E-state index contributed by atoms with van der Waals surface area (Å²) < 4.78 is 11.5. The molecule has 4 nitrogen and oxygen atoms in total. The lowest BCUT2D eigenvalue weighted by atomic mass is 10.0. The molecule has 0 radical (unpaired) electrons. The average Bonchev–Trinajstić information content (AvgIpc) is 2.58. The third kappa shape index (κ3) is 3.90. The van der Waals surface area contributed by atoms with Gasteiger partial charge in [-0.05, 0) is 63.5 Å². The van der Waals surface area contributed by atoms with E-state index in [-0.39, 0.29) is 0 Å². The molecule has 0 aliphatic carbocycles. The minimum absolute atomic E-state index is 0.556. The molecular formula is C19H19BrN2O2. The molecule has 0 saturated carbocycles. The monoisotopic (exact) mass is 386 g/mol. The molecule has 0 aliphatic heterocycles. The van der Waals surface area contributed by atoms with Gasteiger partial charge in [-0.2, -0.15) is 5.26 Å². The smallest absolute Gasteiger partial charge is 0.161 e. The number of nitrogens with zero attached hydrogens (tertiary/aromatic N) is 2. The van der Waals surface area contributed by atoms with Crippen LogP contribution in [-0.2, 0) is 0 Å². The summed E-state index contributed by atoms with van der Waals surface area (Å²) in [6.45, 7) is 0. The van der Waals surface area contributed by atoms with Crippen molar-refractivity contribution in [2.45, 2.75) is 0 Å². The van der Waals surface area contributed by atoms with E-state index in [1.54, 1.807) is 26.4 Å². The summed E-state index contributed by atoms with van der Waals surface area (Å²) in [5.74, 6) is 1.23. The predicted octanol–water partition coefficient (Wildman–Crippen LogP) is 4.60.